The number of nitrogens with one attached hydrogen (secondary N) is 2. The second kappa shape index (κ2) is 9.42. The lowest BCUT2D eigenvalue weighted by Crippen LogP contribution is -2.43. The molecule has 7 nitrogen and oxygen atoms in total. The third-order valence-corrected chi connectivity index (χ3v) is 4.06. The quantitative estimate of drug-likeness (QED) is 0.435. The molecular weight excluding hydrogens is 363 g/mol. The van der Waals surface area contributed by atoms with Crippen LogP contribution in [0.15, 0.2) is 41.8 Å². The summed E-state index contributed by atoms with van der Waals surface area (Å²) in [5, 5.41) is 1.76. The van der Waals surface area contributed by atoms with Crippen LogP contribution in [0.1, 0.15) is 32.9 Å². The molecule has 2 amide bonds. The number of Topliss-reactive ketones (excluding diaryl/α,β-unsaturated/α-hetero) is 1. The van der Waals surface area contributed by atoms with Crippen molar-refractivity contribution in [3.63, 3.8) is 0 Å². The molecular formula is C17H15FN2O5S. The molecule has 9 heteroatoms. The van der Waals surface area contributed by atoms with Gasteiger partial charge in [-0.15, -0.1) is 11.3 Å². The van der Waals surface area contributed by atoms with Gasteiger partial charge in [-0.25, -0.2) is 4.39 Å². The number of hydrogen-bond donors (Lipinski definition) is 2. The van der Waals surface area contributed by atoms with Crippen LogP contribution in [0.3, 0.4) is 0 Å². The summed E-state index contributed by atoms with van der Waals surface area (Å²) in [5.74, 6) is -3.28. The average molecular weight is 378 g/mol. The molecule has 1 aromatic carbocycles. The molecule has 0 unspecified atom stereocenters. The second-order valence-corrected chi connectivity index (χ2v) is 5.99. The minimum absolute atomic E-state index is 0.0228. The van der Waals surface area contributed by atoms with E-state index in [-0.39, 0.29) is 24.2 Å². The fourth-order valence-electron chi connectivity index (χ4n) is 1.87. The summed E-state index contributed by atoms with van der Waals surface area (Å²) in [4.78, 5) is 47.0. The Morgan fingerprint density at radius 2 is 1.77 bits per heavy atom. The van der Waals surface area contributed by atoms with Crippen LogP contribution in [0.2, 0.25) is 0 Å². The van der Waals surface area contributed by atoms with Gasteiger partial charge in [0.2, 0.25) is 0 Å². The van der Waals surface area contributed by atoms with Crippen molar-refractivity contribution in [2.75, 3.05) is 6.61 Å². The van der Waals surface area contributed by atoms with Crippen LogP contribution in [0.5, 0.6) is 0 Å². The summed E-state index contributed by atoms with van der Waals surface area (Å²) in [6.07, 6.45) is -0.184. The van der Waals surface area contributed by atoms with E-state index >= 15 is 0 Å². The van der Waals surface area contributed by atoms with Crippen LogP contribution in [-0.2, 0) is 14.3 Å². The van der Waals surface area contributed by atoms with Crippen molar-refractivity contribution in [3.8, 4) is 0 Å². The summed E-state index contributed by atoms with van der Waals surface area (Å²) in [6.45, 7) is -0.635. The predicted octanol–water partition coefficient (Wildman–Crippen LogP) is 1.85. The van der Waals surface area contributed by atoms with Crippen LogP contribution in [0.4, 0.5) is 4.39 Å². The first-order valence-electron chi connectivity index (χ1n) is 7.53. The van der Waals surface area contributed by atoms with E-state index in [9.17, 15) is 23.6 Å². The lowest BCUT2D eigenvalue weighted by atomic mass is 10.2. The molecule has 0 bridgehead atoms. The Morgan fingerprint density at radius 1 is 1.00 bits per heavy atom. The van der Waals surface area contributed by atoms with E-state index in [1.165, 1.54) is 29.5 Å². The van der Waals surface area contributed by atoms with Gasteiger partial charge in [0.05, 0.1) is 16.9 Å². The average Bonchev–Trinajstić information content (AvgIpc) is 3.17. The van der Waals surface area contributed by atoms with Crippen molar-refractivity contribution in [2.24, 2.45) is 0 Å². The summed E-state index contributed by atoms with van der Waals surface area (Å²) >= 11 is 1.28. The van der Waals surface area contributed by atoms with Crippen molar-refractivity contribution < 1.29 is 28.3 Å². The number of rotatable bonds is 7. The monoisotopic (exact) mass is 378 g/mol. The Balaban J connectivity index is 1.66. The lowest BCUT2D eigenvalue weighted by Gasteiger charge is -2.08. The van der Waals surface area contributed by atoms with E-state index in [2.05, 4.69) is 0 Å². The first-order chi connectivity index (χ1) is 12.5. The zero-order valence-electron chi connectivity index (χ0n) is 13.5. The van der Waals surface area contributed by atoms with Crippen molar-refractivity contribution in [1.82, 2.24) is 10.9 Å². The zero-order valence-corrected chi connectivity index (χ0v) is 14.3. The molecule has 2 N–H and O–H groups in total. The Labute approximate surface area is 152 Å². The third-order valence-electron chi connectivity index (χ3n) is 3.15. The summed E-state index contributed by atoms with van der Waals surface area (Å²) in [7, 11) is 0. The standard InChI is InChI=1S/C17H15FN2O5S/c18-12-5-2-1-4-11(12)17(24)20-19-15(22)10-25-16(23)8-7-13(21)14-6-3-9-26-14/h1-6,9H,7-8,10H2,(H,19,22)(H,20,24). The molecule has 136 valence electrons. The van der Waals surface area contributed by atoms with Gasteiger partial charge in [-0.05, 0) is 23.6 Å². The molecule has 0 saturated carbocycles. The van der Waals surface area contributed by atoms with Crippen LogP contribution in [-0.4, -0.2) is 30.2 Å². The lowest BCUT2D eigenvalue weighted by molar-refractivity contribution is -0.148. The smallest absolute Gasteiger partial charge is 0.306 e. The number of hydrogen-bond acceptors (Lipinski definition) is 6. The van der Waals surface area contributed by atoms with E-state index in [0.29, 0.717) is 4.88 Å². The molecule has 0 aliphatic carbocycles. The van der Waals surface area contributed by atoms with E-state index in [1.54, 1.807) is 17.5 Å². The summed E-state index contributed by atoms with van der Waals surface area (Å²) < 4.78 is 18.1. The highest BCUT2D eigenvalue weighted by Gasteiger charge is 2.14. The van der Waals surface area contributed by atoms with Gasteiger partial charge in [0.15, 0.2) is 12.4 Å². The molecule has 0 saturated heterocycles. The number of thiophene rings is 1. The number of carbonyl (C=O) groups excluding carboxylic acids is 4. The van der Waals surface area contributed by atoms with Gasteiger partial charge in [-0.2, -0.15) is 0 Å². The molecule has 0 radical (unpaired) electrons. The number of benzene rings is 1. The van der Waals surface area contributed by atoms with Gasteiger partial charge in [0.25, 0.3) is 11.8 Å². The molecule has 26 heavy (non-hydrogen) atoms. The number of ether oxygens (including phenoxy) is 1. The van der Waals surface area contributed by atoms with Gasteiger partial charge in [-0.1, -0.05) is 18.2 Å². The largest absolute Gasteiger partial charge is 0.455 e. The van der Waals surface area contributed by atoms with E-state index in [4.69, 9.17) is 4.74 Å². The number of amides is 2. The van der Waals surface area contributed by atoms with Gasteiger partial charge in [-0.3, -0.25) is 30.0 Å². The van der Waals surface area contributed by atoms with Crippen LogP contribution >= 0.6 is 11.3 Å². The number of carbonyl (C=O) groups is 4. The minimum atomic E-state index is -0.843. The first-order valence-corrected chi connectivity index (χ1v) is 8.41. The molecule has 1 aromatic heterocycles. The molecule has 0 atom stereocenters. The summed E-state index contributed by atoms with van der Waals surface area (Å²) in [6, 6.07) is 8.64. The molecule has 0 aliphatic heterocycles. The minimum Gasteiger partial charge on any atom is -0.455 e. The maximum atomic E-state index is 13.4. The van der Waals surface area contributed by atoms with Crippen LogP contribution in [0.25, 0.3) is 0 Å². The maximum Gasteiger partial charge on any atom is 0.306 e. The molecule has 0 aliphatic rings. The van der Waals surface area contributed by atoms with Gasteiger partial charge >= 0.3 is 5.97 Å². The van der Waals surface area contributed by atoms with Crippen molar-refractivity contribution in [1.29, 1.82) is 0 Å². The van der Waals surface area contributed by atoms with Crippen molar-refractivity contribution in [3.05, 3.63) is 58.0 Å². The summed E-state index contributed by atoms with van der Waals surface area (Å²) in [5.41, 5.74) is 3.77. The van der Waals surface area contributed by atoms with E-state index in [1.807, 2.05) is 10.9 Å². The van der Waals surface area contributed by atoms with Crippen molar-refractivity contribution >= 4 is 34.9 Å². The van der Waals surface area contributed by atoms with Gasteiger partial charge in [0, 0.05) is 6.42 Å². The maximum absolute atomic E-state index is 13.4. The predicted molar refractivity (Wildman–Crippen MR) is 90.9 cm³/mol. The van der Waals surface area contributed by atoms with Crippen LogP contribution in [0, 0.1) is 5.82 Å². The number of ketones is 1. The topological polar surface area (TPSA) is 102 Å². The molecule has 1 heterocycles. The molecule has 0 fully saturated rings. The van der Waals surface area contributed by atoms with E-state index < -0.39 is 30.2 Å². The van der Waals surface area contributed by atoms with Gasteiger partial charge < -0.3 is 4.74 Å². The number of halogens is 1. The number of esters is 1. The highest BCUT2D eigenvalue weighted by molar-refractivity contribution is 7.12. The van der Waals surface area contributed by atoms with E-state index in [0.717, 1.165) is 6.07 Å². The Morgan fingerprint density at radius 3 is 2.46 bits per heavy atom. The molecule has 2 rings (SSSR count). The first kappa shape index (κ1) is 19.3. The fourth-order valence-corrected chi connectivity index (χ4v) is 2.56. The fraction of sp³-hybridized carbons (Fsp3) is 0.176. The highest BCUT2D eigenvalue weighted by atomic mass is 32.1. The second-order valence-electron chi connectivity index (χ2n) is 5.04. The Kier molecular flexibility index (Phi) is 6.98. The highest BCUT2D eigenvalue weighted by Crippen LogP contribution is 2.12. The third kappa shape index (κ3) is 5.78. The molecule has 2 aromatic rings. The Hall–Kier alpha value is -3.07. The van der Waals surface area contributed by atoms with Gasteiger partial charge in [0.1, 0.15) is 5.82 Å². The molecule has 0 spiro atoms. The number of hydrazine groups is 1. The van der Waals surface area contributed by atoms with Crippen LogP contribution < -0.4 is 10.9 Å². The zero-order chi connectivity index (χ0) is 18.9. The SMILES string of the molecule is O=C(COC(=O)CCC(=O)c1cccs1)NNC(=O)c1ccccc1F. The Bertz CT molecular complexity index is 807. The van der Waals surface area contributed by atoms with Crippen molar-refractivity contribution in [2.45, 2.75) is 12.8 Å². The normalized spacial score (nSPS) is 10.0.